The average molecular weight is 393 g/mol. The van der Waals surface area contributed by atoms with E-state index in [4.69, 9.17) is 23.5 Å². The highest BCUT2D eigenvalue weighted by Crippen LogP contribution is 2.34. The van der Waals surface area contributed by atoms with E-state index in [9.17, 15) is 4.79 Å². The molecule has 7 heteroatoms. The van der Waals surface area contributed by atoms with Crippen LogP contribution < -0.4 is 14.2 Å². The van der Waals surface area contributed by atoms with Gasteiger partial charge in [0.05, 0.1) is 0 Å². The fourth-order valence-electron chi connectivity index (χ4n) is 3.44. The van der Waals surface area contributed by atoms with E-state index in [1.54, 1.807) is 18.2 Å². The third kappa shape index (κ3) is 3.51. The highest BCUT2D eigenvalue weighted by Gasteiger charge is 2.29. The molecule has 0 bridgehead atoms. The maximum Gasteiger partial charge on any atom is 0.351 e. The maximum atomic E-state index is 12.3. The van der Waals surface area contributed by atoms with Gasteiger partial charge in [-0.3, -0.25) is 0 Å². The van der Waals surface area contributed by atoms with Crippen molar-refractivity contribution in [1.82, 2.24) is 5.16 Å². The fourth-order valence-corrected chi connectivity index (χ4v) is 3.44. The summed E-state index contributed by atoms with van der Waals surface area (Å²) in [6, 6.07) is 14.9. The Balaban J connectivity index is 1.21. The molecule has 2 aliphatic heterocycles. The lowest BCUT2D eigenvalue weighted by molar-refractivity contribution is -0.156. The first-order valence-electron chi connectivity index (χ1n) is 9.46. The van der Waals surface area contributed by atoms with Crippen molar-refractivity contribution in [3.8, 4) is 28.6 Å². The van der Waals surface area contributed by atoms with Crippen molar-refractivity contribution in [3.05, 3.63) is 59.8 Å². The van der Waals surface area contributed by atoms with Crippen LogP contribution in [-0.2, 0) is 22.6 Å². The Labute approximate surface area is 167 Å². The predicted octanol–water partition coefficient (Wildman–Crippen LogP) is 3.55. The molecule has 148 valence electrons. The molecule has 0 N–H and O–H groups in total. The van der Waals surface area contributed by atoms with Crippen molar-refractivity contribution in [2.24, 2.45) is 0 Å². The fraction of sp³-hybridized carbons (Fsp3) is 0.273. The summed E-state index contributed by atoms with van der Waals surface area (Å²) >= 11 is 0. The monoisotopic (exact) mass is 393 g/mol. The minimum atomic E-state index is -0.813. The lowest BCUT2D eigenvalue weighted by atomic mass is 10.1. The molecule has 2 aromatic carbocycles. The van der Waals surface area contributed by atoms with Gasteiger partial charge in [-0.2, -0.15) is 0 Å². The van der Waals surface area contributed by atoms with Crippen LogP contribution in [0.5, 0.6) is 17.2 Å². The van der Waals surface area contributed by atoms with Gasteiger partial charge in [0.2, 0.25) is 6.10 Å². The smallest absolute Gasteiger partial charge is 0.351 e. The third-order valence-corrected chi connectivity index (χ3v) is 4.88. The van der Waals surface area contributed by atoms with Crippen molar-refractivity contribution in [1.29, 1.82) is 0 Å². The van der Waals surface area contributed by atoms with E-state index < -0.39 is 12.1 Å². The molecule has 5 rings (SSSR count). The first-order chi connectivity index (χ1) is 14.2. The minimum absolute atomic E-state index is 0.0116. The number of ether oxygens (including phenoxy) is 4. The lowest BCUT2D eigenvalue weighted by Gasteiger charge is -2.24. The van der Waals surface area contributed by atoms with E-state index in [1.807, 2.05) is 37.3 Å². The third-order valence-electron chi connectivity index (χ3n) is 4.88. The quantitative estimate of drug-likeness (QED) is 0.627. The van der Waals surface area contributed by atoms with Crippen LogP contribution in [0.1, 0.15) is 18.2 Å². The second-order valence-corrected chi connectivity index (χ2v) is 7.11. The standard InChI is InChI=1S/C22H19NO6/c1-13-8-14-6-7-15(9-19(14)27-13)20-10-16(23-29-20)11-26-22(24)21-12-25-17-4-2-3-5-18(17)28-21/h2-7,9-10,13,21H,8,11-12H2,1H3. The summed E-state index contributed by atoms with van der Waals surface area (Å²) in [5.74, 6) is 2.09. The molecular formula is C22H19NO6. The average Bonchev–Trinajstić information content (AvgIpc) is 3.36. The van der Waals surface area contributed by atoms with Crippen molar-refractivity contribution in [2.75, 3.05) is 6.61 Å². The van der Waals surface area contributed by atoms with Gasteiger partial charge in [-0.1, -0.05) is 29.4 Å². The molecule has 7 nitrogen and oxygen atoms in total. The summed E-state index contributed by atoms with van der Waals surface area (Å²) in [5.41, 5.74) is 2.56. The van der Waals surface area contributed by atoms with Crippen LogP contribution in [-0.4, -0.2) is 29.9 Å². The Kier molecular flexibility index (Phi) is 4.35. The largest absolute Gasteiger partial charge is 0.490 e. The predicted molar refractivity (Wildman–Crippen MR) is 102 cm³/mol. The molecule has 2 unspecified atom stereocenters. The lowest BCUT2D eigenvalue weighted by Crippen LogP contribution is -2.37. The normalized spacial score (nSPS) is 19.3. The molecule has 0 aliphatic carbocycles. The number of fused-ring (bicyclic) bond motifs is 2. The number of rotatable bonds is 4. The van der Waals surface area contributed by atoms with Crippen LogP contribution in [0, 0.1) is 0 Å². The number of carbonyl (C=O) groups is 1. The molecule has 2 aliphatic rings. The van der Waals surface area contributed by atoms with Crippen LogP contribution in [0.4, 0.5) is 0 Å². The number of benzene rings is 2. The number of hydrogen-bond donors (Lipinski definition) is 0. The molecule has 0 radical (unpaired) electrons. The van der Waals surface area contributed by atoms with Crippen LogP contribution in [0.15, 0.2) is 53.1 Å². The molecular weight excluding hydrogens is 374 g/mol. The van der Waals surface area contributed by atoms with Gasteiger partial charge in [0.25, 0.3) is 0 Å². The molecule has 29 heavy (non-hydrogen) atoms. The Morgan fingerprint density at radius 1 is 1.10 bits per heavy atom. The molecule has 0 spiro atoms. The number of esters is 1. The molecule has 2 atom stereocenters. The van der Waals surface area contributed by atoms with Gasteiger partial charge in [-0.05, 0) is 30.7 Å². The molecule has 0 fully saturated rings. The number of para-hydroxylation sites is 2. The molecule has 3 aromatic rings. The Morgan fingerprint density at radius 2 is 1.97 bits per heavy atom. The minimum Gasteiger partial charge on any atom is -0.490 e. The van der Waals surface area contributed by atoms with Crippen LogP contribution in [0.3, 0.4) is 0 Å². The number of carbonyl (C=O) groups excluding carboxylic acids is 1. The van der Waals surface area contributed by atoms with Crippen molar-refractivity contribution < 1.29 is 28.3 Å². The maximum absolute atomic E-state index is 12.3. The Hall–Kier alpha value is -3.48. The van der Waals surface area contributed by atoms with Gasteiger partial charge in [-0.15, -0.1) is 0 Å². The van der Waals surface area contributed by atoms with Crippen molar-refractivity contribution in [3.63, 3.8) is 0 Å². The first-order valence-corrected chi connectivity index (χ1v) is 9.46. The highest BCUT2D eigenvalue weighted by molar-refractivity contribution is 5.76. The van der Waals surface area contributed by atoms with Crippen LogP contribution in [0.2, 0.25) is 0 Å². The summed E-state index contributed by atoms with van der Waals surface area (Å²) in [6.45, 7) is 2.13. The second-order valence-electron chi connectivity index (χ2n) is 7.11. The van der Waals surface area contributed by atoms with Gasteiger partial charge < -0.3 is 23.5 Å². The summed E-state index contributed by atoms with van der Waals surface area (Å²) in [6.07, 6.45) is 0.278. The molecule has 0 saturated heterocycles. The van der Waals surface area contributed by atoms with Gasteiger partial charge in [0.1, 0.15) is 30.8 Å². The Bertz CT molecular complexity index is 1060. The van der Waals surface area contributed by atoms with Crippen molar-refractivity contribution >= 4 is 5.97 Å². The SMILES string of the molecule is CC1Cc2ccc(-c3cc(COC(=O)C4COc5ccccc5O4)no3)cc2O1. The number of hydrogen-bond acceptors (Lipinski definition) is 7. The highest BCUT2D eigenvalue weighted by atomic mass is 16.6. The van der Waals surface area contributed by atoms with E-state index in [0.29, 0.717) is 23.0 Å². The molecule has 0 saturated carbocycles. The molecule has 1 aromatic heterocycles. The zero-order valence-electron chi connectivity index (χ0n) is 15.8. The molecule has 3 heterocycles. The summed E-state index contributed by atoms with van der Waals surface area (Å²) in [5, 5.41) is 3.99. The van der Waals surface area contributed by atoms with E-state index in [2.05, 4.69) is 5.16 Å². The zero-order chi connectivity index (χ0) is 19.8. The van der Waals surface area contributed by atoms with Crippen molar-refractivity contribution in [2.45, 2.75) is 32.2 Å². The number of nitrogens with zero attached hydrogens (tertiary/aromatic N) is 1. The van der Waals surface area contributed by atoms with E-state index >= 15 is 0 Å². The summed E-state index contributed by atoms with van der Waals surface area (Å²) in [7, 11) is 0. The van der Waals surface area contributed by atoms with Crippen LogP contribution in [0.25, 0.3) is 11.3 Å². The topological polar surface area (TPSA) is 80.0 Å². The molecule has 0 amide bonds. The van der Waals surface area contributed by atoms with Gasteiger partial charge in [-0.25, -0.2) is 4.79 Å². The summed E-state index contributed by atoms with van der Waals surface area (Å²) < 4.78 is 27.7. The van der Waals surface area contributed by atoms with E-state index in [1.165, 1.54) is 5.56 Å². The van der Waals surface area contributed by atoms with E-state index in [0.717, 1.165) is 17.7 Å². The van der Waals surface area contributed by atoms with Gasteiger partial charge in [0.15, 0.2) is 17.3 Å². The van der Waals surface area contributed by atoms with Crippen LogP contribution >= 0.6 is 0 Å². The first kappa shape index (κ1) is 17.6. The zero-order valence-corrected chi connectivity index (χ0v) is 15.8. The number of aromatic nitrogens is 1. The van der Waals surface area contributed by atoms with Gasteiger partial charge in [0, 0.05) is 18.1 Å². The van der Waals surface area contributed by atoms with Gasteiger partial charge >= 0.3 is 5.97 Å². The van der Waals surface area contributed by atoms with E-state index in [-0.39, 0.29) is 19.3 Å². The Morgan fingerprint density at radius 3 is 2.86 bits per heavy atom. The second kappa shape index (κ2) is 7.16. The summed E-state index contributed by atoms with van der Waals surface area (Å²) in [4.78, 5) is 12.3.